The SMILES string of the molecule is CC(C)N1CC[C@@H]([C@@](C(N)=O)(c2ccccc2)C(C)C)C1. The number of hydrogen-bond donors (Lipinski definition) is 1. The third-order valence-electron chi connectivity index (χ3n) is 5.16. The molecule has 3 nitrogen and oxygen atoms in total. The molecule has 0 saturated carbocycles. The van der Waals surface area contributed by atoms with Crippen LogP contribution in [0.2, 0.25) is 0 Å². The Morgan fingerprint density at radius 2 is 1.86 bits per heavy atom. The van der Waals surface area contributed by atoms with E-state index in [1.54, 1.807) is 0 Å². The van der Waals surface area contributed by atoms with Crippen molar-refractivity contribution in [1.82, 2.24) is 4.90 Å². The molecule has 0 radical (unpaired) electrons. The number of nitrogens with zero attached hydrogens (tertiary/aromatic N) is 1. The third kappa shape index (κ3) is 2.71. The molecule has 0 bridgehead atoms. The third-order valence-corrected chi connectivity index (χ3v) is 5.16. The standard InChI is InChI=1S/C18H28N2O/c1-13(2)18(17(19)21,15-8-6-5-7-9-15)16-10-11-20(12-16)14(3)4/h5-9,13-14,16H,10-12H2,1-4H3,(H2,19,21)/t16-,18+/m1/s1. The lowest BCUT2D eigenvalue weighted by Crippen LogP contribution is -2.52. The van der Waals surface area contributed by atoms with Crippen LogP contribution in [0.15, 0.2) is 30.3 Å². The van der Waals surface area contributed by atoms with E-state index < -0.39 is 5.41 Å². The Labute approximate surface area is 128 Å². The minimum absolute atomic E-state index is 0.181. The number of amides is 1. The zero-order chi connectivity index (χ0) is 15.6. The summed E-state index contributed by atoms with van der Waals surface area (Å²) in [5.74, 6) is 0.300. The molecule has 1 amide bonds. The highest BCUT2D eigenvalue weighted by molar-refractivity contribution is 5.87. The minimum Gasteiger partial charge on any atom is -0.369 e. The van der Waals surface area contributed by atoms with Gasteiger partial charge in [-0.25, -0.2) is 0 Å². The van der Waals surface area contributed by atoms with Crippen LogP contribution in [0.3, 0.4) is 0 Å². The van der Waals surface area contributed by atoms with Crippen LogP contribution in [0, 0.1) is 11.8 Å². The van der Waals surface area contributed by atoms with Gasteiger partial charge in [0.05, 0.1) is 5.41 Å². The summed E-state index contributed by atoms with van der Waals surface area (Å²) in [6, 6.07) is 10.6. The van der Waals surface area contributed by atoms with E-state index in [0.29, 0.717) is 12.0 Å². The summed E-state index contributed by atoms with van der Waals surface area (Å²) < 4.78 is 0. The first kappa shape index (κ1) is 16.0. The van der Waals surface area contributed by atoms with E-state index in [1.807, 2.05) is 18.2 Å². The fraction of sp³-hybridized carbons (Fsp3) is 0.611. The Morgan fingerprint density at radius 1 is 1.24 bits per heavy atom. The Bertz CT molecular complexity index is 483. The maximum absolute atomic E-state index is 12.5. The summed E-state index contributed by atoms with van der Waals surface area (Å²) in [6.45, 7) is 10.7. The molecule has 1 aliphatic heterocycles. The topological polar surface area (TPSA) is 46.3 Å². The molecule has 2 rings (SSSR count). The van der Waals surface area contributed by atoms with E-state index in [-0.39, 0.29) is 11.8 Å². The van der Waals surface area contributed by atoms with Gasteiger partial charge in [-0.2, -0.15) is 0 Å². The van der Waals surface area contributed by atoms with Gasteiger partial charge in [0.2, 0.25) is 5.91 Å². The first-order chi connectivity index (χ1) is 9.90. The van der Waals surface area contributed by atoms with Crippen molar-refractivity contribution >= 4 is 5.91 Å². The molecular weight excluding hydrogens is 260 g/mol. The van der Waals surface area contributed by atoms with E-state index in [1.165, 1.54) is 0 Å². The summed E-state index contributed by atoms with van der Waals surface area (Å²) >= 11 is 0. The number of carbonyl (C=O) groups is 1. The van der Waals surface area contributed by atoms with Crippen LogP contribution in [-0.4, -0.2) is 29.9 Å². The lowest BCUT2D eigenvalue weighted by Gasteiger charge is -2.40. The molecule has 0 unspecified atom stereocenters. The average Bonchev–Trinajstić information content (AvgIpc) is 2.90. The lowest BCUT2D eigenvalue weighted by atomic mass is 9.62. The Morgan fingerprint density at radius 3 is 2.29 bits per heavy atom. The summed E-state index contributed by atoms with van der Waals surface area (Å²) in [5.41, 5.74) is 6.46. The molecule has 1 aromatic carbocycles. The van der Waals surface area contributed by atoms with Crippen molar-refractivity contribution in [1.29, 1.82) is 0 Å². The monoisotopic (exact) mass is 288 g/mol. The number of carbonyl (C=O) groups excluding carboxylic acids is 1. The van der Waals surface area contributed by atoms with Crippen molar-refractivity contribution < 1.29 is 4.79 Å². The molecule has 0 aliphatic carbocycles. The van der Waals surface area contributed by atoms with Crippen LogP contribution in [-0.2, 0) is 10.2 Å². The van der Waals surface area contributed by atoms with Crippen molar-refractivity contribution in [3.8, 4) is 0 Å². The van der Waals surface area contributed by atoms with Crippen molar-refractivity contribution in [2.45, 2.75) is 45.6 Å². The highest BCUT2D eigenvalue weighted by Crippen LogP contribution is 2.44. The van der Waals surface area contributed by atoms with Crippen molar-refractivity contribution in [3.63, 3.8) is 0 Å². The average molecular weight is 288 g/mol. The highest BCUT2D eigenvalue weighted by Gasteiger charge is 2.50. The van der Waals surface area contributed by atoms with Crippen molar-refractivity contribution in [3.05, 3.63) is 35.9 Å². The number of primary amides is 1. The van der Waals surface area contributed by atoms with Crippen LogP contribution in [0.5, 0.6) is 0 Å². The van der Waals surface area contributed by atoms with E-state index in [0.717, 1.165) is 25.1 Å². The maximum Gasteiger partial charge on any atom is 0.228 e. The fourth-order valence-corrected chi connectivity index (χ4v) is 4.01. The first-order valence-corrected chi connectivity index (χ1v) is 8.00. The summed E-state index contributed by atoms with van der Waals surface area (Å²) in [7, 11) is 0. The first-order valence-electron chi connectivity index (χ1n) is 8.00. The zero-order valence-electron chi connectivity index (χ0n) is 13.7. The summed E-state index contributed by atoms with van der Waals surface area (Å²) in [4.78, 5) is 15.0. The second-order valence-electron chi connectivity index (χ2n) is 6.83. The molecule has 2 atom stereocenters. The summed E-state index contributed by atoms with van der Waals surface area (Å²) in [6.07, 6.45) is 1.04. The predicted octanol–water partition coefficient (Wildman–Crippen LogP) is 2.80. The van der Waals surface area contributed by atoms with Gasteiger partial charge >= 0.3 is 0 Å². The molecule has 0 aromatic heterocycles. The predicted molar refractivity (Wildman–Crippen MR) is 87.0 cm³/mol. The number of rotatable bonds is 5. The van der Waals surface area contributed by atoms with Gasteiger partial charge in [0.15, 0.2) is 0 Å². The second kappa shape index (κ2) is 6.18. The van der Waals surface area contributed by atoms with Crippen LogP contribution >= 0.6 is 0 Å². The van der Waals surface area contributed by atoms with Crippen LogP contribution in [0.4, 0.5) is 0 Å². The maximum atomic E-state index is 12.5. The van der Waals surface area contributed by atoms with Gasteiger partial charge < -0.3 is 10.6 Å². The lowest BCUT2D eigenvalue weighted by molar-refractivity contribution is -0.127. The number of hydrogen-bond acceptors (Lipinski definition) is 2. The number of benzene rings is 1. The quantitative estimate of drug-likeness (QED) is 0.905. The second-order valence-corrected chi connectivity index (χ2v) is 6.83. The molecule has 1 aliphatic rings. The Kier molecular flexibility index (Phi) is 4.72. The van der Waals surface area contributed by atoms with Gasteiger partial charge in [0, 0.05) is 12.6 Å². The molecule has 2 N–H and O–H groups in total. The van der Waals surface area contributed by atoms with Gasteiger partial charge in [-0.15, -0.1) is 0 Å². The van der Waals surface area contributed by atoms with E-state index in [2.05, 4.69) is 44.7 Å². The van der Waals surface area contributed by atoms with E-state index in [4.69, 9.17) is 5.73 Å². The van der Waals surface area contributed by atoms with Crippen molar-refractivity contribution in [2.24, 2.45) is 17.6 Å². The molecule has 3 heteroatoms. The largest absolute Gasteiger partial charge is 0.369 e. The van der Waals surface area contributed by atoms with Crippen molar-refractivity contribution in [2.75, 3.05) is 13.1 Å². The number of likely N-dealkylation sites (tertiary alicyclic amines) is 1. The number of nitrogens with two attached hydrogens (primary N) is 1. The molecule has 0 spiro atoms. The van der Waals surface area contributed by atoms with E-state index >= 15 is 0 Å². The Hall–Kier alpha value is -1.35. The highest BCUT2D eigenvalue weighted by atomic mass is 16.1. The molecule has 1 heterocycles. The van der Waals surface area contributed by atoms with Gasteiger partial charge in [-0.3, -0.25) is 4.79 Å². The van der Waals surface area contributed by atoms with Crippen LogP contribution < -0.4 is 5.73 Å². The van der Waals surface area contributed by atoms with Gasteiger partial charge in [0.25, 0.3) is 0 Å². The van der Waals surface area contributed by atoms with Crippen LogP contribution in [0.25, 0.3) is 0 Å². The van der Waals surface area contributed by atoms with Gasteiger partial charge in [-0.1, -0.05) is 44.2 Å². The molecule has 21 heavy (non-hydrogen) atoms. The zero-order valence-corrected chi connectivity index (χ0v) is 13.7. The summed E-state index contributed by atoms with van der Waals surface area (Å²) in [5, 5.41) is 0. The van der Waals surface area contributed by atoms with Gasteiger partial charge in [0.1, 0.15) is 0 Å². The minimum atomic E-state index is -0.565. The Balaban J connectivity index is 2.45. The molecular formula is C18H28N2O. The molecule has 1 aromatic rings. The van der Waals surface area contributed by atoms with E-state index in [9.17, 15) is 4.79 Å². The fourth-order valence-electron chi connectivity index (χ4n) is 4.01. The molecule has 116 valence electrons. The van der Waals surface area contributed by atoms with Crippen LogP contribution in [0.1, 0.15) is 39.7 Å². The normalized spacial score (nSPS) is 22.7. The van der Waals surface area contributed by atoms with Gasteiger partial charge in [-0.05, 0) is 44.2 Å². The molecule has 1 fully saturated rings. The smallest absolute Gasteiger partial charge is 0.228 e. The molecule has 1 saturated heterocycles.